The summed E-state index contributed by atoms with van der Waals surface area (Å²) >= 11 is 0. The molecule has 2 saturated carbocycles. The molecular weight excluding hydrogens is 256 g/mol. The molecule has 0 spiro atoms. The Morgan fingerprint density at radius 2 is 2.10 bits per heavy atom. The molecular formula is C14H18N4O2. The van der Waals surface area contributed by atoms with Gasteiger partial charge in [-0.3, -0.25) is 14.3 Å². The van der Waals surface area contributed by atoms with Crippen molar-refractivity contribution >= 4 is 11.2 Å². The van der Waals surface area contributed by atoms with Crippen LogP contribution in [0.2, 0.25) is 0 Å². The fourth-order valence-corrected chi connectivity index (χ4v) is 4.12. The third kappa shape index (κ3) is 1.67. The van der Waals surface area contributed by atoms with Gasteiger partial charge in [0.2, 0.25) is 0 Å². The van der Waals surface area contributed by atoms with Gasteiger partial charge in [-0.15, -0.1) is 0 Å². The van der Waals surface area contributed by atoms with Crippen molar-refractivity contribution in [2.45, 2.75) is 32.1 Å². The zero-order chi connectivity index (χ0) is 13.9. The van der Waals surface area contributed by atoms with Gasteiger partial charge in [0.05, 0.1) is 0 Å². The normalized spacial score (nSPS) is 28.6. The molecule has 0 amide bonds. The SMILES string of the molecule is Cn1c(=O)[nH]c(=O)c2[nH]c(CC3CC4CCC3C4)nc21. The second-order valence-corrected chi connectivity index (χ2v) is 6.34. The lowest BCUT2D eigenvalue weighted by molar-refractivity contribution is 0.327. The molecule has 6 nitrogen and oxygen atoms in total. The molecule has 106 valence electrons. The Labute approximate surface area is 115 Å². The maximum Gasteiger partial charge on any atom is 0.329 e. The van der Waals surface area contributed by atoms with Crippen molar-refractivity contribution in [3.63, 3.8) is 0 Å². The van der Waals surface area contributed by atoms with E-state index in [1.807, 2.05) is 0 Å². The van der Waals surface area contributed by atoms with Crippen molar-refractivity contribution < 1.29 is 0 Å². The average molecular weight is 274 g/mol. The van der Waals surface area contributed by atoms with Crippen LogP contribution < -0.4 is 11.2 Å². The summed E-state index contributed by atoms with van der Waals surface area (Å²) < 4.78 is 1.39. The molecule has 20 heavy (non-hydrogen) atoms. The molecule has 2 fully saturated rings. The highest BCUT2D eigenvalue weighted by Crippen LogP contribution is 2.49. The molecule has 3 atom stereocenters. The molecule has 3 unspecified atom stereocenters. The van der Waals surface area contributed by atoms with E-state index in [2.05, 4.69) is 15.0 Å². The quantitative estimate of drug-likeness (QED) is 0.854. The predicted octanol–water partition coefficient (Wildman–Crippen LogP) is 0.929. The molecule has 0 aliphatic heterocycles. The summed E-state index contributed by atoms with van der Waals surface area (Å²) in [5.74, 6) is 3.26. The van der Waals surface area contributed by atoms with Gasteiger partial charge in [-0.05, 0) is 37.0 Å². The summed E-state index contributed by atoms with van der Waals surface area (Å²) in [4.78, 5) is 33.2. The van der Waals surface area contributed by atoms with E-state index in [4.69, 9.17) is 0 Å². The van der Waals surface area contributed by atoms with Crippen LogP contribution >= 0.6 is 0 Å². The molecule has 4 rings (SSSR count). The highest BCUT2D eigenvalue weighted by atomic mass is 16.2. The molecule has 6 heteroatoms. The monoisotopic (exact) mass is 274 g/mol. The molecule has 0 radical (unpaired) electrons. The van der Waals surface area contributed by atoms with Crippen LogP contribution in [-0.2, 0) is 13.5 Å². The first-order valence-corrected chi connectivity index (χ1v) is 7.29. The van der Waals surface area contributed by atoms with E-state index in [1.165, 1.54) is 30.3 Å². The van der Waals surface area contributed by atoms with Crippen molar-refractivity contribution in [1.82, 2.24) is 19.5 Å². The van der Waals surface area contributed by atoms with Gasteiger partial charge in [-0.25, -0.2) is 9.78 Å². The van der Waals surface area contributed by atoms with E-state index in [9.17, 15) is 9.59 Å². The van der Waals surface area contributed by atoms with Crippen LogP contribution in [0, 0.1) is 17.8 Å². The van der Waals surface area contributed by atoms with E-state index in [0.29, 0.717) is 17.1 Å². The van der Waals surface area contributed by atoms with Gasteiger partial charge in [0.1, 0.15) is 11.3 Å². The second kappa shape index (κ2) is 4.07. The Morgan fingerprint density at radius 3 is 2.80 bits per heavy atom. The molecule has 2 aromatic heterocycles. The minimum absolute atomic E-state index is 0.380. The number of nitrogens with one attached hydrogen (secondary N) is 2. The van der Waals surface area contributed by atoms with Crippen LogP contribution in [0.1, 0.15) is 31.5 Å². The third-order valence-electron chi connectivity index (χ3n) is 5.14. The predicted molar refractivity (Wildman–Crippen MR) is 74.6 cm³/mol. The topological polar surface area (TPSA) is 83.5 Å². The summed E-state index contributed by atoms with van der Waals surface area (Å²) in [6.45, 7) is 0. The number of hydrogen-bond donors (Lipinski definition) is 2. The number of aromatic amines is 2. The summed E-state index contributed by atoms with van der Waals surface area (Å²) in [5.41, 5.74) is 0.0671. The van der Waals surface area contributed by atoms with Gasteiger partial charge in [0.15, 0.2) is 5.65 Å². The van der Waals surface area contributed by atoms with Crippen LogP contribution in [0.15, 0.2) is 9.59 Å². The first kappa shape index (κ1) is 11.9. The van der Waals surface area contributed by atoms with Crippen LogP contribution in [0.3, 0.4) is 0 Å². The summed E-state index contributed by atoms with van der Waals surface area (Å²) in [6, 6.07) is 0. The molecule has 2 N–H and O–H groups in total. The lowest BCUT2D eigenvalue weighted by Crippen LogP contribution is -2.28. The summed E-state index contributed by atoms with van der Waals surface area (Å²) in [6.07, 6.45) is 6.27. The van der Waals surface area contributed by atoms with Gasteiger partial charge >= 0.3 is 5.69 Å². The summed E-state index contributed by atoms with van der Waals surface area (Å²) in [5, 5.41) is 0. The number of fused-ring (bicyclic) bond motifs is 3. The number of nitrogens with zero attached hydrogens (tertiary/aromatic N) is 2. The van der Waals surface area contributed by atoms with Gasteiger partial charge in [0, 0.05) is 13.5 Å². The molecule has 2 aliphatic carbocycles. The van der Waals surface area contributed by atoms with Crippen LogP contribution in [0.5, 0.6) is 0 Å². The lowest BCUT2D eigenvalue weighted by Gasteiger charge is -2.20. The van der Waals surface area contributed by atoms with E-state index in [0.717, 1.165) is 24.1 Å². The Hall–Kier alpha value is -1.85. The number of hydrogen-bond acceptors (Lipinski definition) is 3. The maximum atomic E-state index is 11.8. The largest absolute Gasteiger partial charge is 0.336 e. The van der Waals surface area contributed by atoms with Crippen LogP contribution in [-0.4, -0.2) is 19.5 Å². The Morgan fingerprint density at radius 1 is 1.25 bits per heavy atom. The molecule has 0 aromatic carbocycles. The third-order valence-corrected chi connectivity index (χ3v) is 5.14. The second-order valence-electron chi connectivity index (χ2n) is 6.34. The maximum absolute atomic E-state index is 11.8. The van der Waals surface area contributed by atoms with Gasteiger partial charge < -0.3 is 4.98 Å². The van der Waals surface area contributed by atoms with Crippen molar-refractivity contribution in [1.29, 1.82) is 0 Å². The molecule has 2 aliphatic rings. The molecule has 2 bridgehead atoms. The number of aryl methyl sites for hydroxylation is 1. The van der Waals surface area contributed by atoms with E-state index in [1.54, 1.807) is 7.05 Å². The Bertz CT molecular complexity index is 785. The highest BCUT2D eigenvalue weighted by molar-refractivity contribution is 5.69. The van der Waals surface area contributed by atoms with Crippen molar-refractivity contribution in [3.05, 3.63) is 26.7 Å². The highest BCUT2D eigenvalue weighted by Gasteiger charge is 2.39. The fraction of sp³-hybridized carbons (Fsp3) is 0.643. The first-order chi connectivity index (χ1) is 9.61. The van der Waals surface area contributed by atoms with Crippen molar-refractivity contribution in [2.24, 2.45) is 24.8 Å². The Kier molecular flexibility index (Phi) is 2.43. The van der Waals surface area contributed by atoms with Crippen molar-refractivity contribution in [2.75, 3.05) is 0 Å². The zero-order valence-corrected chi connectivity index (χ0v) is 11.5. The number of H-pyrrole nitrogens is 2. The van der Waals surface area contributed by atoms with Crippen LogP contribution in [0.25, 0.3) is 11.2 Å². The van der Waals surface area contributed by atoms with Gasteiger partial charge in [-0.1, -0.05) is 6.42 Å². The van der Waals surface area contributed by atoms with E-state index >= 15 is 0 Å². The van der Waals surface area contributed by atoms with Gasteiger partial charge in [0.25, 0.3) is 5.56 Å². The Balaban J connectivity index is 1.71. The van der Waals surface area contributed by atoms with Gasteiger partial charge in [-0.2, -0.15) is 0 Å². The number of aromatic nitrogens is 4. The van der Waals surface area contributed by atoms with Crippen LogP contribution in [0.4, 0.5) is 0 Å². The van der Waals surface area contributed by atoms with E-state index in [-0.39, 0.29) is 5.56 Å². The number of rotatable bonds is 2. The molecule has 2 heterocycles. The van der Waals surface area contributed by atoms with E-state index < -0.39 is 5.69 Å². The smallest absolute Gasteiger partial charge is 0.329 e. The molecule has 2 aromatic rings. The molecule has 0 saturated heterocycles. The first-order valence-electron chi connectivity index (χ1n) is 7.29. The minimum atomic E-state index is -0.416. The summed E-state index contributed by atoms with van der Waals surface area (Å²) in [7, 11) is 1.63. The standard InChI is InChI=1S/C14H18N4O2/c1-18-12-11(13(19)17-14(18)20)15-10(16-12)6-9-5-7-2-3-8(9)4-7/h7-9H,2-6H2,1H3,(H,15,16)(H,17,19,20). The number of imidazole rings is 1. The lowest BCUT2D eigenvalue weighted by atomic mass is 9.86. The average Bonchev–Trinajstić information content (AvgIpc) is 3.10. The van der Waals surface area contributed by atoms with Crippen molar-refractivity contribution in [3.8, 4) is 0 Å². The zero-order valence-electron chi connectivity index (χ0n) is 11.5. The fourth-order valence-electron chi connectivity index (χ4n) is 4.12. The minimum Gasteiger partial charge on any atom is -0.336 e.